The van der Waals surface area contributed by atoms with Crippen LogP contribution in [0.25, 0.3) is 0 Å². The lowest BCUT2D eigenvalue weighted by Gasteiger charge is -2.30. The lowest BCUT2D eigenvalue weighted by molar-refractivity contribution is 0.260. The average Bonchev–Trinajstić information content (AvgIpc) is 2.28. The standard InChI is InChI=1S/C12H21N5/c1-9-14-11(13-2)7-12(15-9)16-10-5-4-6-17(3)8-10/h7,10H,4-6,8H2,1-3H3,(H2,13,14,15,16). The van der Waals surface area contributed by atoms with E-state index in [4.69, 9.17) is 0 Å². The molecule has 17 heavy (non-hydrogen) atoms. The molecule has 0 aliphatic carbocycles. The molecule has 1 atom stereocenters. The van der Waals surface area contributed by atoms with Gasteiger partial charge in [0.2, 0.25) is 0 Å². The van der Waals surface area contributed by atoms with Gasteiger partial charge in [0.25, 0.3) is 0 Å². The number of nitrogens with one attached hydrogen (secondary N) is 2. The van der Waals surface area contributed by atoms with Crippen LogP contribution < -0.4 is 10.6 Å². The Bertz CT molecular complexity index is 379. The number of aromatic nitrogens is 2. The zero-order valence-corrected chi connectivity index (χ0v) is 10.8. The molecule has 0 radical (unpaired) electrons. The molecule has 1 fully saturated rings. The molecule has 1 saturated heterocycles. The van der Waals surface area contributed by atoms with E-state index < -0.39 is 0 Å². The largest absolute Gasteiger partial charge is 0.373 e. The molecule has 0 bridgehead atoms. The molecule has 5 heteroatoms. The number of anilines is 2. The lowest BCUT2D eigenvalue weighted by atomic mass is 10.1. The molecule has 0 saturated carbocycles. The third-order valence-electron chi connectivity index (χ3n) is 3.07. The monoisotopic (exact) mass is 235 g/mol. The fourth-order valence-electron chi connectivity index (χ4n) is 2.26. The van der Waals surface area contributed by atoms with Gasteiger partial charge in [-0.25, -0.2) is 9.97 Å². The van der Waals surface area contributed by atoms with Gasteiger partial charge in [0.05, 0.1) is 0 Å². The predicted octanol–water partition coefficient (Wildman–Crippen LogP) is 1.33. The second-order valence-electron chi connectivity index (χ2n) is 4.68. The number of likely N-dealkylation sites (N-methyl/N-ethyl adjacent to an activating group) is 1. The zero-order valence-electron chi connectivity index (χ0n) is 10.8. The quantitative estimate of drug-likeness (QED) is 0.828. The van der Waals surface area contributed by atoms with Gasteiger partial charge in [-0.05, 0) is 33.4 Å². The van der Waals surface area contributed by atoms with Crippen molar-refractivity contribution in [1.29, 1.82) is 0 Å². The summed E-state index contributed by atoms with van der Waals surface area (Å²) < 4.78 is 0. The number of likely N-dealkylation sites (tertiary alicyclic amines) is 1. The zero-order chi connectivity index (χ0) is 12.3. The summed E-state index contributed by atoms with van der Waals surface area (Å²) in [6, 6.07) is 2.45. The van der Waals surface area contributed by atoms with Crippen molar-refractivity contribution in [3.8, 4) is 0 Å². The van der Waals surface area contributed by atoms with E-state index in [1.54, 1.807) is 0 Å². The van der Waals surface area contributed by atoms with E-state index in [1.807, 2.05) is 20.0 Å². The summed E-state index contributed by atoms with van der Waals surface area (Å²) in [4.78, 5) is 11.1. The fourth-order valence-corrected chi connectivity index (χ4v) is 2.26. The van der Waals surface area contributed by atoms with Gasteiger partial charge in [0.15, 0.2) is 0 Å². The van der Waals surface area contributed by atoms with E-state index >= 15 is 0 Å². The minimum Gasteiger partial charge on any atom is -0.373 e. The Balaban J connectivity index is 2.04. The van der Waals surface area contributed by atoms with Crippen LogP contribution in [0.5, 0.6) is 0 Å². The number of hydrogen-bond acceptors (Lipinski definition) is 5. The molecule has 0 spiro atoms. The van der Waals surface area contributed by atoms with Crippen LogP contribution in [0.2, 0.25) is 0 Å². The maximum atomic E-state index is 4.42. The Morgan fingerprint density at radius 2 is 2.12 bits per heavy atom. The van der Waals surface area contributed by atoms with E-state index in [0.717, 1.165) is 24.0 Å². The van der Waals surface area contributed by atoms with E-state index in [0.29, 0.717) is 6.04 Å². The Morgan fingerprint density at radius 1 is 1.35 bits per heavy atom. The second kappa shape index (κ2) is 5.31. The highest BCUT2D eigenvalue weighted by atomic mass is 15.2. The van der Waals surface area contributed by atoms with Gasteiger partial charge < -0.3 is 15.5 Å². The maximum Gasteiger partial charge on any atom is 0.132 e. The number of piperidine rings is 1. The van der Waals surface area contributed by atoms with Crippen molar-refractivity contribution in [1.82, 2.24) is 14.9 Å². The van der Waals surface area contributed by atoms with Gasteiger partial charge in [-0.15, -0.1) is 0 Å². The minimum atomic E-state index is 0.493. The van der Waals surface area contributed by atoms with Crippen molar-refractivity contribution in [2.24, 2.45) is 0 Å². The van der Waals surface area contributed by atoms with Crippen LogP contribution in [0, 0.1) is 6.92 Å². The van der Waals surface area contributed by atoms with Crippen molar-refractivity contribution in [3.05, 3.63) is 11.9 Å². The topological polar surface area (TPSA) is 53.1 Å². The highest BCUT2D eigenvalue weighted by Gasteiger charge is 2.17. The molecule has 2 N–H and O–H groups in total. The van der Waals surface area contributed by atoms with Crippen molar-refractivity contribution >= 4 is 11.6 Å². The summed E-state index contributed by atoms with van der Waals surface area (Å²) in [7, 11) is 4.04. The normalized spacial score (nSPS) is 21.2. The summed E-state index contributed by atoms with van der Waals surface area (Å²) in [6.07, 6.45) is 2.46. The van der Waals surface area contributed by atoms with Crippen LogP contribution >= 0.6 is 0 Å². The van der Waals surface area contributed by atoms with E-state index in [1.165, 1.54) is 19.4 Å². The molecule has 1 aliphatic rings. The van der Waals surface area contributed by atoms with Gasteiger partial charge in [-0.3, -0.25) is 0 Å². The Morgan fingerprint density at radius 3 is 2.82 bits per heavy atom. The van der Waals surface area contributed by atoms with Crippen LogP contribution in [0.1, 0.15) is 18.7 Å². The molecule has 0 aromatic carbocycles. The van der Waals surface area contributed by atoms with Crippen LogP contribution in [0.3, 0.4) is 0 Å². The molecule has 1 aromatic rings. The number of rotatable bonds is 3. The lowest BCUT2D eigenvalue weighted by Crippen LogP contribution is -2.39. The van der Waals surface area contributed by atoms with Crippen molar-refractivity contribution in [2.75, 3.05) is 37.8 Å². The van der Waals surface area contributed by atoms with Gasteiger partial charge in [-0.1, -0.05) is 0 Å². The predicted molar refractivity (Wildman–Crippen MR) is 70.5 cm³/mol. The number of hydrogen-bond donors (Lipinski definition) is 2. The molecule has 1 aliphatic heterocycles. The van der Waals surface area contributed by atoms with Crippen LogP contribution in [0.15, 0.2) is 6.07 Å². The second-order valence-corrected chi connectivity index (χ2v) is 4.68. The van der Waals surface area contributed by atoms with E-state index in [-0.39, 0.29) is 0 Å². The Hall–Kier alpha value is -1.36. The van der Waals surface area contributed by atoms with Gasteiger partial charge in [0, 0.05) is 25.7 Å². The molecule has 2 heterocycles. The first-order valence-corrected chi connectivity index (χ1v) is 6.16. The summed E-state index contributed by atoms with van der Waals surface area (Å²) in [5, 5.41) is 6.55. The third kappa shape index (κ3) is 3.30. The smallest absolute Gasteiger partial charge is 0.132 e. The molecular formula is C12H21N5. The molecule has 5 nitrogen and oxygen atoms in total. The van der Waals surface area contributed by atoms with E-state index in [9.17, 15) is 0 Å². The molecule has 1 unspecified atom stereocenters. The summed E-state index contributed by atoms with van der Waals surface area (Å²) in [6.45, 7) is 4.19. The highest BCUT2D eigenvalue weighted by Crippen LogP contribution is 2.16. The van der Waals surface area contributed by atoms with Crippen molar-refractivity contribution < 1.29 is 0 Å². The SMILES string of the molecule is CNc1cc(NC2CCCN(C)C2)nc(C)n1. The first kappa shape index (κ1) is 12.1. The van der Waals surface area contributed by atoms with Gasteiger partial charge in [-0.2, -0.15) is 0 Å². The minimum absolute atomic E-state index is 0.493. The number of aryl methyl sites for hydroxylation is 1. The molecule has 94 valence electrons. The third-order valence-corrected chi connectivity index (χ3v) is 3.07. The molecule has 1 aromatic heterocycles. The van der Waals surface area contributed by atoms with Crippen LogP contribution in [0.4, 0.5) is 11.6 Å². The molecular weight excluding hydrogens is 214 g/mol. The molecule has 0 amide bonds. The average molecular weight is 235 g/mol. The maximum absolute atomic E-state index is 4.42. The van der Waals surface area contributed by atoms with Crippen LogP contribution in [-0.4, -0.2) is 48.1 Å². The summed E-state index contributed by atoms with van der Waals surface area (Å²) >= 11 is 0. The van der Waals surface area contributed by atoms with Crippen LogP contribution in [-0.2, 0) is 0 Å². The van der Waals surface area contributed by atoms with Gasteiger partial charge in [0.1, 0.15) is 17.5 Å². The van der Waals surface area contributed by atoms with E-state index in [2.05, 4.69) is 32.5 Å². The fraction of sp³-hybridized carbons (Fsp3) is 0.667. The Labute approximate surface area is 103 Å². The first-order chi connectivity index (χ1) is 8.17. The molecule has 2 rings (SSSR count). The summed E-state index contributed by atoms with van der Waals surface area (Å²) in [5.74, 6) is 2.58. The Kier molecular flexibility index (Phi) is 3.78. The number of nitrogens with zero attached hydrogens (tertiary/aromatic N) is 3. The van der Waals surface area contributed by atoms with Crippen molar-refractivity contribution in [3.63, 3.8) is 0 Å². The summed E-state index contributed by atoms with van der Waals surface area (Å²) in [5.41, 5.74) is 0. The van der Waals surface area contributed by atoms with Crippen molar-refractivity contribution in [2.45, 2.75) is 25.8 Å². The highest BCUT2D eigenvalue weighted by molar-refractivity contribution is 5.47. The van der Waals surface area contributed by atoms with Gasteiger partial charge >= 0.3 is 0 Å². The first-order valence-electron chi connectivity index (χ1n) is 6.16.